The third-order valence-electron chi connectivity index (χ3n) is 3.66. The van der Waals surface area contributed by atoms with E-state index in [9.17, 15) is 4.79 Å². The number of ether oxygens (including phenoxy) is 1. The van der Waals surface area contributed by atoms with Crippen LogP contribution in [-0.4, -0.2) is 13.0 Å². The SMILES string of the molecule is COc1cc2c(cc1NC(=O)c1cccs1)CCCC2. The second-order valence-electron chi connectivity index (χ2n) is 4.96. The van der Waals surface area contributed by atoms with Crippen LogP contribution < -0.4 is 10.1 Å². The average Bonchev–Trinajstić information content (AvgIpc) is 3.01. The zero-order chi connectivity index (χ0) is 13.9. The molecule has 0 spiro atoms. The van der Waals surface area contributed by atoms with Crippen molar-refractivity contribution in [2.24, 2.45) is 0 Å². The van der Waals surface area contributed by atoms with Crippen molar-refractivity contribution in [3.63, 3.8) is 0 Å². The monoisotopic (exact) mass is 287 g/mol. The molecular formula is C16H17NO2S. The van der Waals surface area contributed by atoms with Crippen LogP contribution in [0.1, 0.15) is 33.6 Å². The van der Waals surface area contributed by atoms with Gasteiger partial charge in [0.15, 0.2) is 0 Å². The number of methoxy groups -OCH3 is 1. The first-order chi connectivity index (χ1) is 9.78. The molecule has 1 aliphatic carbocycles. The van der Waals surface area contributed by atoms with Gasteiger partial charge in [-0.05, 0) is 60.4 Å². The highest BCUT2D eigenvalue weighted by Crippen LogP contribution is 2.33. The molecule has 1 heterocycles. The van der Waals surface area contributed by atoms with Gasteiger partial charge in [0.25, 0.3) is 5.91 Å². The van der Waals surface area contributed by atoms with E-state index in [1.165, 1.54) is 35.3 Å². The average molecular weight is 287 g/mol. The molecule has 104 valence electrons. The number of hydrogen-bond acceptors (Lipinski definition) is 3. The summed E-state index contributed by atoms with van der Waals surface area (Å²) in [6.45, 7) is 0. The molecule has 1 aromatic heterocycles. The Morgan fingerprint density at radius 3 is 2.65 bits per heavy atom. The van der Waals surface area contributed by atoms with Crippen LogP contribution >= 0.6 is 11.3 Å². The van der Waals surface area contributed by atoms with Gasteiger partial charge in [0.2, 0.25) is 0 Å². The molecule has 4 heteroatoms. The maximum absolute atomic E-state index is 12.2. The molecule has 0 bridgehead atoms. The first kappa shape index (κ1) is 13.2. The number of thiophene rings is 1. The molecule has 0 atom stereocenters. The first-order valence-corrected chi connectivity index (χ1v) is 7.70. The number of fused-ring (bicyclic) bond motifs is 1. The number of carbonyl (C=O) groups is 1. The Bertz CT molecular complexity index is 620. The first-order valence-electron chi connectivity index (χ1n) is 6.82. The van der Waals surface area contributed by atoms with E-state index in [0.717, 1.165) is 24.3 Å². The van der Waals surface area contributed by atoms with E-state index >= 15 is 0 Å². The van der Waals surface area contributed by atoms with E-state index in [4.69, 9.17) is 4.74 Å². The molecule has 1 N–H and O–H groups in total. The number of hydrogen-bond donors (Lipinski definition) is 1. The third kappa shape index (κ3) is 2.56. The molecular weight excluding hydrogens is 270 g/mol. The summed E-state index contributed by atoms with van der Waals surface area (Å²) in [5.41, 5.74) is 3.45. The van der Waals surface area contributed by atoms with Gasteiger partial charge >= 0.3 is 0 Å². The number of anilines is 1. The fraction of sp³-hybridized carbons (Fsp3) is 0.312. The quantitative estimate of drug-likeness (QED) is 0.930. The lowest BCUT2D eigenvalue weighted by atomic mass is 9.91. The van der Waals surface area contributed by atoms with Gasteiger partial charge in [0, 0.05) is 0 Å². The molecule has 0 radical (unpaired) electrons. The lowest BCUT2D eigenvalue weighted by Crippen LogP contribution is -2.13. The topological polar surface area (TPSA) is 38.3 Å². The number of benzene rings is 1. The standard InChI is InChI=1S/C16H17NO2S/c1-19-14-10-12-6-3-2-5-11(12)9-13(14)17-16(18)15-7-4-8-20-15/h4,7-10H,2-3,5-6H2,1H3,(H,17,18). The summed E-state index contributed by atoms with van der Waals surface area (Å²) in [6.07, 6.45) is 4.64. The van der Waals surface area contributed by atoms with Crippen LogP contribution in [0.15, 0.2) is 29.6 Å². The molecule has 0 unspecified atom stereocenters. The minimum Gasteiger partial charge on any atom is -0.495 e. The predicted octanol–water partition coefficient (Wildman–Crippen LogP) is 3.89. The Balaban J connectivity index is 1.90. The van der Waals surface area contributed by atoms with Crippen molar-refractivity contribution in [3.05, 3.63) is 45.6 Å². The van der Waals surface area contributed by atoms with Gasteiger partial charge in [-0.2, -0.15) is 0 Å². The van der Waals surface area contributed by atoms with Gasteiger partial charge < -0.3 is 10.1 Å². The molecule has 2 aromatic rings. The molecule has 1 amide bonds. The Kier molecular flexibility index (Phi) is 3.74. The summed E-state index contributed by atoms with van der Waals surface area (Å²) in [6, 6.07) is 7.84. The Labute approximate surface area is 122 Å². The van der Waals surface area contributed by atoms with Gasteiger partial charge in [-0.3, -0.25) is 4.79 Å². The van der Waals surface area contributed by atoms with E-state index in [1.54, 1.807) is 7.11 Å². The second kappa shape index (κ2) is 5.67. The Morgan fingerprint density at radius 2 is 2.00 bits per heavy atom. The highest BCUT2D eigenvalue weighted by Gasteiger charge is 2.16. The highest BCUT2D eigenvalue weighted by atomic mass is 32.1. The zero-order valence-electron chi connectivity index (χ0n) is 11.4. The highest BCUT2D eigenvalue weighted by molar-refractivity contribution is 7.12. The predicted molar refractivity (Wildman–Crippen MR) is 81.9 cm³/mol. The van der Waals surface area contributed by atoms with Crippen molar-refractivity contribution >= 4 is 22.9 Å². The summed E-state index contributed by atoms with van der Waals surface area (Å²) in [4.78, 5) is 12.9. The van der Waals surface area contributed by atoms with Crippen LogP contribution in [-0.2, 0) is 12.8 Å². The van der Waals surface area contributed by atoms with Crippen molar-refractivity contribution in [2.75, 3.05) is 12.4 Å². The van der Waals surface area contributed by atoms with Gasteiger partial charge in [0.05, 0.1) is 17.7 Å². The van der Waals surface area contributed by atoms with Gasteiger partial charge in [-0.25, -0.2) is 0 Å². The summed E-state index contributed by atoms with van der Waals surface area (Å²) in [5, 5.41) is 4.86. The van der Waals surface area contributed by atoms with E-state index in [1.807, 2.05) is 17.5 Å². The fourth-order valence-electron chi connectivity index (χ4n) is 2.62. The van der Waals surface area contributed by atoms with Crippen LogP contribution in [0.5, 0.6) is 5.75 Å². The fourth-order valence-corrected chi connectivity index (χ4v) is 3.24. The molecule has 3 rings (SSSR count). The number of amides is 1. The minimum atomic E-state index is -0.0749. The van der Waals surface area contributed by atoms with E-state index < -0.39 is 0 Å². The van der Waals surface area contributed by atoms with Crippen LogP contribution in [0.25, 0.3) is 0 Å². The van der Waals surface area contributed by atoms with E-state index in [0.29, 0.717) is 4.88 Å². The zero-order valence-corrected chi connectivity index (χ0v) is 12.3. The van der Waals surface area contributed by atoms with Crippen molar-refractivity contribution in [1.82, 2.24) is 0 Å². The maximum atomic E-state index is 12.2. The molecule has 1 aromatic carbocycles. The summed E-state index contributed by atoms with van der Waals surface area (Å²) in [5.74, 6) is 0.671. The van der Waals surface area contributed by atoms with E-state index in [2.05, 4.69) is 17.4 Å². The lowest BCUT2D eigenvalue weighted by molar-refractivity contribution is 0.103. The van der Waals surface area contributed by atoms with Gasteiger partial charge in [-0.1, -0.05) is 6.07 Å². The van der Waals surface area contributed by atoms with Crippen LogP contribution in [0.4, 0.5) is 5.69 Å². The largest absolute Gasteiger partial charge is 0.495 e. The van der Waals surface area contributed by atoms with Crippen LogP contribution in [0.2, 0.25) is 0 Å². The molecule has 20 heavy (non-hydrogen) atoms. The molecule has 0 saturated heterocycles. The molecule has 0 aliphatic heterocycles. The van der Waals surface area contributed by atoms with E-state index in [-0.39, 0.29) is 5.91 Å². The maximum Gasteiger partial charge on any atom is 0.265 e. The number of rotatable bonds is 3. The minimum absolute atomic E-state index is 0.0749. The molecule has 3 nitrogen and oxygen atoms in total. The summed E-state index contributed by atoms with van der Waals surface area (Å²) in [7, 11) is 1.64. The molecule has 0 fully saturated rings. The Hall–Kier alpha value is -1.81. The van der Waals surface area contributed by atoms with Gasteiger partial charge in [0.1, 0.15) is 5.75 Å². The number of aryl methyl sites for hydroxylation is 2. The van der Waals surface area contributed by atoms with Crippen molar-refractivity contribution in [1.29, 1.82) is 0 Å². The summed E-state index contributed by atoms with van der Waals surface area (Å²) < 4.78 is 5.42. The van der Waals surface area contributed by atoms with Crippen molar-refractivity contribution in [3.8, 4) is 5.75 Å². The third-order valence-corrected chi connectivity index (χ3v) is 4.53. The lowest BCUT2D eigenvalue weighted by Gasteiger charge is -2.19. The number of nitrogens with one attached hydrogen (secondary N) is 1. The number of carbonyl (C=O) groups excluding carboxylic acids is 1. The normalized spacial score (nSPS) is 13.7. The second-order valence-corrected chi connectivity index (χ2v) is 5.91. The van der Waals surface area contributed by atoms with Gasteiger partial charge in [-0.15, -0.1) is 11.3 Å². The van der Waals surface area contributed by atoms with Crippen molar-refractivity contribution in [2.45, 2.75) is 25.7 Å². The van der Waals surface area contributed by atoms with Crippen molar-refractivity contribution < 1.29 is 9.53 Å². The molecule has 1 aliphatic rings. The summed E-state index contributed by atoms with van der Waals surface area (Å²) >= 11 is 1.44. The van der Waals surface area contributed by atoms with Crippen LogP contribution in [0.3, 0.4) is 0 Å². The van der Waals surface area contributed by atoms with Crippen LogP contribution in [0, 0.1) is 0 Å². The smallest absolute Gasteiger partial charge is 0.265 e. The Morgan fingerprint density at radius 1 is 1.25 bits per heavy atom. The molecule has 0 saturated carbocycles.